The molecule has 0 amide bonds. The number of benzene rings is 1. The molecule has 28 heavy (non-hydrogen) atoms. The summed E-state index contributed by atoms with van der Waals surface area (Å²) < 4.78 is 2.09. The molecule has 0 bridgehead atoms. The molecular formula is C21H25N5OS. The van der Waals surface area contributed by atoms with E-state index in [0.717, 1.165) is 53.3 Å². The number of rotatable bonds is 7. The molecule has 1 aromatic carbocycles. The van der Waals surface area contributed by atoms with Crippen LogP contribution in [0.5, 0.6) is 0 Å². The Morgan fingerprint density at radius 3 is 2.57 bits per heavy atom. The first kappa shape index (κ1) is 19.0. The van der Waals surface area contributed by atoms with Gasteiger partial charge in [0.25, 0.3) is 0 Å². The van der Waals surface area contributed by atoms with Gasteiger partial charge in [0.05, 0.1) is 12.3 Å². The second-order valence-corrected chi connectivity index (χ2v) is 8.20. The van der Waals surface area contributed by atoms with E-state index >= 15 is 0 Å². The van der Waals surface area contributed by atoms with Gasteiger partial charge in [-0.1, -0.05) is 30.0 Å². The zero-order valence-corrected chi connectivity index (χ0v) is 17.1. The number of aromatic nitrogens is 4. The molecule has 1 saturated heterocycles. The Morgan fingerprint density at radius 1 is 1.14 bits per heavy atom. The van der Waals surface area contributed by atoms with Gasteiger partial charge in [-0.15, -0.1) is 10.2 Å². The number of carbonyl (C=O) groups is 1. The zero-order chi connectivity index (χ0) is 19.5. The van der Waals surface area contributed by atoms with E-state index in [1.807, 2.05) is 38.1 Å². The van der Waals surface area contributed by atoms with Gasteiger partial charge in [-0.25, -0.2) is 0 Å². The molecule has 4 rings (SSSR count). The minimum Gasteiger partial charge on any atom is -0.362 e. The summed E-state index contributed by atoms with van der Waals surface area (Å²) in [5.41, 5.74) is 3.71. The highest BCUT2D eigenvalue weighted by atomic mass is 32.2. The Labute approximate surface area is 169 Å². The summed E-state index contributed by atoms with van der Waals surface area (Å²) in [5, 5.41) is 9.64. The van der Waals surface area contributed by atoms with Crippen LogP contribution in [-0.4, -0.2) is 49.3 Å². The highest BCUT2D eigenvalue weighted by molar-refractivity contribution is 7.99. The Balaban J connectivity index is 1.56. The summed E-state index contributed by atoms with van der Waals surface area (Å²) in [7, 11) is 0. The number of nitrogens with one attached hydrogen (secondary N) is 1. The summed E-state index contributed by atoms with van der Waals surface area (Å²) in [6.07, 6.45) is 2.48. The minimum absolute atomic E-state index is 0.107. The fraction of sp³-hybridized carbons (Fsp3) is 0.381. The highest BCUT2D eigenvalue weighted by Gasteiger charge is 2.20. The largest absolute Gasteiger partial charge is 0.362 e. The summed E-state index contributed by atoms with van der Waals surface area (Å²) in [5.74, 6) is 1.37. The normalized spacial score (nSPS) is 14.6. The maximum absolute atomic E-state index is 12.7. The quantitative estimate of drug-likeness (QED) is 0.487. The van der Waals surface area contributed by atoms with Crippen LogP contribution in [-0.2, 0) is 6.54 Å². The summed E-state index contributed by atoms with van der Waals surface area (Å²) in [6.45, 7) is 6.90. The number of Topliss-reactive ketones (excluding diaryl/α,β-unsaturated/α-hetero) is 1. The second kappa shape index (κ2) is 8.32. The van der Waals surface area contributed by atoms with E-state index in [2.05, 4.69) is 36.8 Å². The van der Waals surface area contributed by atoms with Crippen LogP contribution in [0.4, 0.5) is 0 Å². The highest BCUT2D eigenvalue weighted by Crippen LogP contribution is 2.25. The molecule has 0 aliphatic carbocycles. The lowest BCUT2D eigenvalue weighted by Gasteiger charge is -2.15. The van der Waals surface area contributed by atoms with Crippen LogP contribution in [0.3, 0.4) is 0 Å². The van der Waals surface area contributed by atoms with Gasteiger partial charge in [0.2, 0.25) is 0 Å². The van der Waals surface area contributed by atoms with Crippen molar-refractivity contribution in [2.75, 3.05) is 18.8 Å². The molecular weight excluding hydrogens is 370 g/mol. The van der Waals surface area contributed by atoms with Crippen LogP contribution >= 0.6 is 11.8 Å². The van der Waals surface area contributed by atoms with Crippen molar-refractivity contribution in [1.82, 2.24) is 24.6 Å². The molecule has 1 aliphatic rings. The van der Waals surface area contributed by atoms with Crippen molar-refractivity contribution in [3.63, 3.8) is 0 Å². The van der Waals surface area contributed by atoms with E-state index in [1.165, 1.54) is 24.6 Å². The lowest BCUT2D eigenvalue weighted by Crippen LogP contribution is -2.21. The molecule has 3 aromatic rings. The second-order valence-electron chi connectivity index (χ2n) is 7.26. The van der Waals surface area contributed by atoms with Crippen LogP contribution in [0.25, 0.3) is 5.69 Å². The number of H-pyrrole nitrogens is 1. The Kier molecular flexibility index (Phi) is 5.64. The SMILES string of the molecule is Cc1cc(C(=O)CSc2nnc(CN3CCCC3)n2-c2ccccc2)c(C)[nH]1. The molecule has 0 spiro atoms. The van der Waals surface area contributed by atoms with E-state index in [1.54, 1.807) is 0 Å². The van der Waals surface area contributed by atoms with Gasteiger partial charge in [-0.2, -0.15) is 0 Å². The van der Waals surface area contributed by atoms with E-state index < -0.39 is 0 Å². The van der Waals surface area contributed by atoms with Gasteiger partial charge in [-0.3, -0.25) is 14.3 Å². The zero-order valence-electron chi connectivity index (χ0n) is 16.3. The molecule has 2 aromatic heterocycles. The summed E-state index contributed by atoms with van der Waals surface area (Å²) in [6, 6.07) is 12.1. The maximum Gasteiger partial charge on any atom is 0.196 e. The smallest absolute Gasteiger partial charge is 0.196 e. The third-order valence-electron chi connectivity index (χ3n) is 5.06. The van der Waals surface area contributed by atoms with E-state index in [0.29, 0.717) is 5.75 Å². The number of carbonyl (C=O) groups excluding carboxylic acids is 1. The first-order valence-corrected chi connectivity index (χ1v) is 10.6. The number of hydrogen-bond donors (Lipinski definition) is 1. The molecule has 0 saturated carbocycles. The predicted molar refractivity (Wildman–Crippen MR) is 111 cm³/mol. The third kappa shape index (κ3) is 4.05. The van der Waals surface area contributed by atoms with Crippen molar-refractivity contribution in [2.24, 2.45) is 0 Å². The van der Waals surface area contributed by atoms with Gasteiger partial charge in [0, 0.05) is 22.6 Å². The molecule has 0 unspecified atom stereocenters. The van der Waals surface area contributed by atoms with Crippen molar-refractivity contribution in [1.29, 1.82) is 0 Å². The molecule has 3 heterocycles. The first-order valence-electron chi connectivity index (χ1n) is 9.66. The van der Waals surface area contributed by atoms with Gasteiger partial charge >= 0.3 is 0 Å². The molecule has 6 nitrogen and oxygen atoms in total. The van der Waals surface area contributed by atoms with Crippen molar-refractivity contribution >= 4 is 17.5 Å². The first-order chi connectivity index (χ1) is 13.6. The molecule has 1 aliphatic heterocycles. The number of likely N-dealkylation sites (tertiary alicyclic amines) is 1. The van der Waals surface area contributed by atoms with Gasteiger partial charge < -0.3 is 4.98 Å². The number of ketones is 1. The van der Waals surface area contributed by atoms with Crippen LogP contribution in [0.1, 0.15) is 40.4 Å². The van der Waals surface area contributed by atoms with E-state index in [4.69, 9.17) is 0 Å². The predicted octanol–water partition coefficient (Wildman–Crippen LogP) is 3.78. The van der Waals surface area contributed by atoms with Crippen LogP contribution < -0.4 is 0 Å². The number of para-hydroxylation sites is 1. The average Bonchev–Trinajstić information content (AvgIpc) is 3.42. The number of aromatic amines is 1. The van der Waals surface area contributed by atoms with E-state index in [-0.39, 0.29) is 5.78 Å². The Hall–Kier alpha value is -2.38. The van der Waals surface area contributed by atoms with Crippen LogP contribution in [0.2, 0.25) is 0 Å². The Morgan fingerprint density at radius 2 is 1.89 bits per heavy atom. The van der Waals surface area contributed by atoms with Gasteiger partial charge in [0.15, 0.2) is 16.8 Å². The maximum atomic E-state index is 12.7. The molecule has 0 atom stereocenters. The summed E-state index contributed by atoms with van der Waals surface area (Å²) in [4.78, 5) is 18.3. The molecule has 146 valence electrons. The lowest BCUT2D eigenvalue weighted by atomic mass is 10.2. The molecule has 1 fully saturated rings. The monoisotopic (exact) mass is 395 g/mol. The van der Waals surface area contributed by atoms with Crippen molar-refractivity contribution in [3.8, 4) is 5.69 Å². The standard InChI is InChI=1S/C21H25N5OS/c1-15-12-18(16(2)22-15)19(27)14-28-21-24-23-20(13-25-10-6-7-11-25)26(21)17-8-4-3-5-9-17/h3-5,8-9,12,22H,6-7,10-11,13-14H2,1-2H3. The van der Waals surface area contributed by atoms with Crippen molar-refractivity contribution < 1.29 is 4.79 Å². The van der Waals surface area contributed by atoms with Crippen LogP contribution in [0, 0.1) is 13.8 Å². The van der Waals surface area contributed by atoms with Crippen molar-refractivity contribution in [3.05, 3.63) is 59.2 Å². The molecule has 7 heteroatoms. The van der Waals surface area contributed by atoms with Crippen molar-refractivity contribution in [2.45, 2.75) is 38.4 Å². The molecule has 1 N–H and O–H groups in total. The lowest BCUT2D eigenvalue weighted by molar-refractivity contribution is 0.102. The summed E-state index contributed by atoms with van der Waals surface area (Å²) >= 11 is 1.45. The number of nitrogens with zero attached hydrogens (tertiary/aromatic N) is 4. The topological polar surface area (TPSA) is 66.8 Å². The minimum atomic E-state index is 0.107. The fourth-order valence-corrected chi connectivity index (χ4v) is 4.55. The number of thioether (sulfide) groups is 1. The number of aryl methyl sites for hydroxylation is 2. The van der Waals surface area contributed by atoms with Crippen LogP contribution in [0.15, 0.2) is 41.6 Å². The average molecular weight is 396 g/mol. The fourth-order valence-electron chi connectivity index (χ4n) is 3.69. The Bertz CT molecular complexity index is 957. The third-order valence-corrected chi connectivity index (χ3v) is 5.99. The van der Waals surface area contributed by atoms with Gasteiger partial charge in [-0.05, 0) is 58.0 Å². The number of hydrogen-bond acceptors (Lipinski definition) is 5. The van der Waals surface area contributed by atoms with E-state index in [9.17, 15) is 4.79 Å². The molecule has 0 radical (unpaired) electrons. The van der Waals surface area contributed by atoms with Gasteiger partial charge in [0.1, 0.15) is 0 Å².